The quantitative estimate of drug-likeness (QED) is 0.390. The molecule has 0 bridgehead atoms. The first-order valence-electron chi connectivity index (χ1n) is 9.26. The van der Waals surface area contributed by atoms with E-state index in [4.69, 9.17) is 4.74 Å². The van der Waals surface area contributed by atoms with Crippen LogP contribution >= 0.6 is 0 Å². The lowest BCUT2D eigenvalue weighted by molar-refractivity contribution is -0.121. The summed E-state index contributed by atoms with van der Waals surface area (Å²) in [5.41, 5.74) is 6.26. The van der Waals surface area contributed by atoms with Crippen molar-refractivity contribution in [1.29, 1.82) is 0 Å². The molecule has 6 heteroatoms. The van der Waals surface area contributed by atoms with Crippen LogP contribution in [-0.2, 0) is 17.9 Å². The molecule has 0 spiro atoms. The summed E-state index contributed by atoms with van der Waals surface area (Å²) in [6.45, 7) is 0.648. The molecular weight excluding hydrogens is 364 g/mol. The summed E-state index contributed by atoms with van der Waals surface area (Å²) in [5.74, 6) is 0.523. The number of fused-ring (bicyclic) bond motifs is 1. The summed E-state index contributed by atoms with van der Waals surface area (Å²) < 4.78 is 7.60. The molecule has 1 amide bonds. The number of nitrogens with zero attached hydrogens (tertiary/aromatic N) is 3. The first-order valence-corrected chi connectivity index (χ1v) is 9.26. The van der Waals surface area contributed by atoms with Crippen molar-refractivity contribution in [2.45, 2.75) is 13.2 Å². The smallest absolute Gasteiger partial charge is 0.260 e. The van der Waals surface area contributed by atoms with E-state index >= 15 is 0 Å². The second kappa shape index (κ2) is 8.84. The van der Waals surface area contributed by atoms with Crippen molar-refractivity contribution in [3.63, 3.8) is 0 Å². The van der Waals surface area contributed by atoms with E-state index in [2.05, 4.69) is 15.5 Å². The van der Waals surface area contributed by atoms with Gasteiger partial charge in [-0.25, -0.2) is 10.4 Å². The van der Waals surface area contributed by atoms with Crippen LogP contribution in [0.5, 0.6) is 5.75 Å². The minimum Gasteiger partial charge on any atom is -0.489 e. The molecule has 144 valence electrons. The van der Waals surface area contributed by atoms with E-state index in [0.29, 0.717) is 6.61 Å². The van der Waals surface area contributed by atoms with Crippen molar-refractivity contribution >= 4 is 23.2 Å². The number of rotatable bonds is 7. The predicted octanol–water partition coefficient (Wildman–Crippen LogP) is 3.77. The Balaban J connectivity index is 1.32. The molecule has 1 heterocycles. The van der Waals surface area contributed by atoms with Crippen LogP contribution < -0.4 is 10.2 Å². The highest BCUT2D eigenvalue weighted by Crippen LogP contribution is 2.14. The number of hydrazone groups is 1. The number of imidazole rings is 1. The fourth-order valence-electron chi connectivity index (χ4n) is 2.93. The zero-order valence-electron chi connectivity index (χ0n) is 15.7. The number of para-hydroxylation sites is 2. The Morgan fingerprint density at radius 2 is 1.86 bits per heavy atom. The molecule has 0 aliphatic rings. The highest BCUT2D eigenvalue weighted by atomic mass is 16.5. The van der Waals surface area contributed by atoms with E-state index in [1.807, 2.05) is 78.9 Å². The third-order valence-electron chi connectivity index (χ3n) is 4.35. The standard InChI is InChI=1S/C23H20N4O2/c28-23(15-27-17-24-21-11-4-5-12-22(21)27)26-25-14-19-9-6-10-20(13-19)29-16-18-7-2-1-3-8-18/h1-14,17H,15-16H2,(H,26,28)/b25-14-. The Morgan fingerprint density at radius 1 is 1.03 bits per heavy atom. The van der Waals surface area contributed by atoms with Crippen molar-refractivity contribution in [2.75, 3.05) is 0 Å². The zero-order valence-corrected chi connectivity index (χ0v) is 15.7. The number of amides is 1. The number of ether oxygens (including phenoxy) is 1. The maximum Gasteiger partial charge on any atom is 0.260 e. The van der Waals surface area contributed by atoms with Crippen LogP contribution in [0.3, 0.4) is 0 Å². The maximum absolute atomic E-state index is 12.2. The zero-order chi connectivity index (χ0) is 19.9. The van der Waals surface area contributed by atoms with E-state index in [9.17, 15) is 4.79 Å². The molecule has 0 saturated heterocycles. The second-order valence-electron chi connectivity index (χ2n) is 6.50. The lowest BCUT2D eigenvalue weighted by Crippen LogP contribution is -2.22. The Bertz CT molecular complexity index is 1140. The van der Waals surface area contributed by atoms with Crippen LogP contribution in [0.4, 0.5) is 0 Å². The van der Waals surface area contributed by atoms with Gasteiger partial charge in [0, 0.05) is 0 Å². The predicted molar refractivity (Wildman–Crippen MR) is 113 cm³/mol. The molecule has 0 atom stereocenters. The van der Waals surface area contributed by atoms with Gasteiger partial charge < -0.3 is 9.30 Å². The van der Waals surface area contributed by atoms with E-state index < -0.39 is 0 Å². The number of hydrogen-bond donors (Lipinski definition) is 1. The first kappa shape index (κ1) is 18.4. The maximum atomic E-state index is 12.2. The summed E-state index contributed by atoms with van der Waals surface area (Å²) in [5, 5.41) is 4.05. The number of aromatic nitrogens is 2. The van der Waals surface area contributed by atoms with Gasteiger partial charge in [0.2, 0.25) is 0 Å². The molecule has 1 N–H and O–H groups in total. The van der Waals surface area contributed by atoms with Crippen molar-refractivity contribution < 1.29 is 9.53 Å². The van der Waals surface area contributed by atoms with Gasteiger partial charge in [0.05, 0.1) is 23.6 Å². The lowest BCUT2D eigenvalue weighted by atomic mass is 10.2. The van der Waals surface area contributed by atoms with Crippen molar-refractivity contribution in [3.8, 4) is 5.75 Å². The van der Waals surface area contributed by atoms with Gasteiger partial charge in [-0.1, -0.05) is 54.6 Å². The van der Waals surface area contributed by atoms with Gasteiger partial charge in [-0.05, 0) is 35.4 Å². The van der Waals surface area contributed by atoms with Gasteiger partial charge >= 0.3 is 0 Å². The Labute approximate surface area is 168 Å². The van der Waals surface area contributed by atoms with E-state index in [1.165, 1.54) is 0 Å². The molecule has 4 aromatic rings. The average Bonchev–Trinajstić information content (AvgIpc) is 3.16. The topological polar surface area (TPSA) is 68.5 Å². The molecule has 6 nitrogen and oxygen atoms in total. The SMILES string of the molecule is O=C(Cn1cnc2ccccc21)N/N=C\c1cccc(OCc2ccccc2)c1. The van der Waals surface area contributed by atoms with Crippen molar-refractivity contribution in [1.82, 2.24) is 15.0 Å². The molecule has 3 aromatic carbocycles. The van der Waals surface area contributed by atoms with Gasteiger partial charge in [-0.15, -0.1) is 0 Å². The van der Waals surface area contributed by atoms with Crippen LogP contribution in [0.15, 0.2) is 90.3 Å². The largest absolute Gasteiger partial charge is 0.489 e. The molecule has 4 rings (SSSR count). The fourth-order valence-corrected chi connectivity index (χ4v) is 2.93. The molecule has 0 radical (unpaired) electrons. The van der Waals surface area contributed by atoms with E-state index in [-0.39, 0.29) is 12.5 Å². The third-order valence-corrected chi connectivity index (χ3v) is 4.35. The minimum atomic E-state index is -0.221. The van der Waals surface area contributed by atoms with E-state index in [1.54, 1.807) is 17.1 Å². The van der Waals surface area contributed by atoms with Crippen LogP contribution in [0.25, 0.3) is 11.0 Å². The van der Waals surface area contributed by atoms with Crippen LogP contribution in [0, 0.1) is 0 Å². The molecule has 0 unspecified atom stereocenters. The summed E-state index contributed by atoms with van der Waals surface area (Å²) >= 11 is 0. The first-order chi connectivity index (χ1) is 14.3. The number of benzene rings is 3. The molecular formula is C23H20N4O2. The highest BCUT2D eigenvalue weighted by molar-refractivity contribution is 5.83. The van der Waals surface area contributed by atoms with Gasteiger partial charge in [0.25, 0.3) is 5.91 Å². The lowest BCUT2D eigenvalue weighted by Gasteiger charge is -2.07. The van der Waals surface area contributed by atoms with Gasteiger partial charge in [-0.2, -0.15) is 5.10 Å². The summed E-state index contributed by atoms with van der Waals surface area (Å²) in [6, 6.07) is 25.2. The number of carbonyl (C=O) groups is 1. The summed E-state index contributed by atoms with van der Waals surface area (Å²) in [4.78, 5) is 16.5. The minimum absolute atomic E-state index is 0.151. The molecule has 0 aliphatic carbocycles. The van der Waals surface area contributed by atoms with E-state index in [0.717, 1.165) is 27.9 Å². The third kappa shape index (κ3) is 4.87. The Kier molecular flexibility index (Phi) is 5.62. The van der Waals surface area contributed by atoms with Crippen molar-refractivity contribution in [3.05, 3.63) is 96.3 Å². The van der Waals surface area contributed by atoms with Gasteiger partial charge in [0.15, 0.2) is 0 Å². The molecule has 0 saturated carbocycles. The Hall–Kier alpha value is -3.93. The Morgan fingerprint density at radius 3 is 2.76 bits per heavy atom. The molecule has 0 aliphatic heterocycles. The monoisotopic (exact) mass is 384 g/mol. The van der Waals surface area contributed by atoms with Gasteiger partial charge in [0.1, 0.15) is 18.9 Å². The fraction of sp³-hybridized carbons (Fsp3) is 0.0870. The number of nitrogens with one attached hydrogen (secondary N) is 1. The molecule has 29 heavy (non-hydrogen) atoms. The second-order valence-corrected chi connectivity index (χ2v) is 6.50. The summed E-state index contributed by atoms with van der Waals surface area (Å²) in [7, 11) is 0. The number of carbonyl (C=O) groups excluding carboxylic acids is 1. The van der Waals surface area contributed by atoms with Crippen LogP contribution in [0.1, 0.15) is 11.1 Å². The molecule has 1 aromatic heterocycles. The average molecular weight is 384 g/mol. The normalized spacial score (nSPS) is 11.0. The van der Waals surface area contributed by atoms with Crippen LogP contribution in [0.2, 0.25) is 0 Å². The van der Waals surface area contributed by atoms with Crippen LogP contribution in [-0.4, -0.2) is 21.7 Å². The van der Waals surface area contributed by atoms with Gasteiger partial charge in [-0.3, -0.25) is 4.79 Å². The molecule has 0 fully saturated rings. The number of hydrogen-bond acceptors (Lipinski definition) is 4. The van der Waals surface area contributed by atoms with Crippen molar-refractivity contribution in [2.24, 2.45) is 5.10 Å². The highest BCUT2D eigenvalue weighted by Gasteiger charge is 2.06. The summed E-state index contributed by atoms with van der Waals surface area (Å²) in [6.07, 6.45) is 3.25.